The van der Waals surface area contributed by atoms with Crippen LogP contribution in [0.4, 0.5) is 4.39 Å². The molecule has 3 N–H and O–H groups in total. The molecular formula is C16H24FN3O. The minimum absolute atomic E-state index is 0.0722. The molecule has 1 aromatic rings. The van der Waals surface area contributed by atoms with Crippen LogP contribution in [0.2, 0.25) is 0 Å². The minimum Gasteiger partial charge on any atom is -0.409 e. The minimum atomic E-state index is -0.303. The molecule has 1 fully saturated rings. The fraction of sp³-hybridized carbons (Fsp3) is 0.562. The van der Waals surface area contributed by atoms with Crippen LogP contribution < -0.4 is 5.73 Å². The number of amidine groups is 1. The Labute approximate surface area is 125 Å². The molecule has 0 spiro atoms. The van der Waals surface area contributed by atoms with Crippen LogP contribution in [-0.2, 0) is 6.54 Å². The van der Waals surface area contributed by atoms with Gasteiger partial charge in [-0.1, -0.05) is 31.1 Å². The van der Waals surface area contributed by atoms with Crippen molar-refractivity contribution in [1.29, 1.82) is 0 Å². The van der Waals surface area contributed by atoms with Crippen LogP contribution >= 0.6 is 0 Å². The predicted octanol–water partition coefficient (Wildman–Crippen LogP) is 2.93. The summed E-state index contributed by atoms with van der Waals surface area (Å²) in [6.45, 7) is 7.20. The first kappa shape index (κ1) is 15.8. The molecule has 5 heteroatoms. The zero-order chi connectivity index (χ0) is 15.5. The van der Waals surface area contributed by atoms with Gasteiger partial charge in [0.05, 0.1) is 0 Å². The van der Waals surface area contributed by atoms with E-state index in [-0.39, 0.29) is 11.7 Å². The van der Waals surface area contributed by atoms with E-state index >= 15 is 0 Å². The summed E-state index contributed by atoms with van der Waals surface area (Å²) >= 11 is 0. The first-order chi connectivity index (χ1) is 9.91. The molecule has 1 heterocycles. The number of hydrogen-bond donors (Lipinski definition) is 2. The lowest BCUT2D eigenvalue weighted by molar-refractivity contribution is 0.253. The molecule has 1 saturated heterocycles. The monoisotopic (exact) mass is 293 g/mol. The third-order valence-electron chi connectivity index (χ3n) is 4.28. The van der Waals surface area contributed by atoms with Crippen LogP contribution in [0.15, 0.2) is 23.4 Å². The molecule has 0 atom stereocenters. The molecule has 1 aromatic carbocycles. The Morgan fingerprint density at radius 3 is 2.81 bits per heavy atom. The molecule has 4 nitrogen and oxygen atoms in total. The van der Waals surface area contributed by atoms with Crippen LogP contribution in [-0.4, -0.2) is 29.0 Å². The molecule has 0 aromatic heterocycles. The topological polar surface area (TPSA) is 61.8 Å². The van der Waals surface area contributed by atoms with Gasteiger partial charge in [0.2, 0.25) is 0 Å². The number of hydrogen-bond acceptors (Lipinski definition) is 3. The van der Waals surface area contributed by atoms with E-state index in [9.17, 15) is 4.39 Å². The van der Waals surface area contributed by atoms with Crippen LogP contribution in [0.5, 0.6) is 0 Å². The summed E-state index contributed by atoms with van der Waals surface area (Å²) < 4.78 is 14.1. The number of likely N-dealkylation sites (tertiary alicyclic amines) is 1. The van der Waals surface area contributed by atoms with Crippen molar-refractivity contribution in [2.45, 2.75) is 39.7 Å². The third-order valence-corrected chi connectivity index (χ3v) is 4.28. The highest BCUT2D eigenvalue weighted by Gasteiger charge is 2.23. The second kappa shape index (κ2) is 6.43. The largest absolute Gasteiger partial charge is 0.409 e. The Bertz CT molecular complexity index is 528. The van der Waals surface area contributed by atoms with Crippen LogP contribution in [0, 0.1) is 11.2 Å². The number of rotatable bonds is 3. The molecule has 0 unspecified atom stereocenters. The van der Waals surface area contributed by atoms with Gasteiger partial charge in [0.15, 0.2) is 5.84 Å². The van der Waals surface area contributed by atoms with E-state index < -0.39 is 0 Å². The molecular weight excluding hydrogens is 269 g/mol. The maximum Gasteiger partial charge on any atom is 0.170 e. The molecule has 0 aliphatic carbocycles. The number of oxime groups is 1. The second-order valence-electron chi connectivity index (χ2n) is 6.59. The summed E-state index contributed by atoms with van der Waals surface area (Å²) in [5.41, 5.74) is 6.90. The van der Waals surface area contributed by atoms with Gasteiger partial charge in [0.1, 0.15) is 5.82 Å². The molecule has 1 aliphatic rings. The Morgan fingerprint density at radius 2 is 2.14 bits per heavy atom. The van der Waals surface area contributed by atoms with E-state index in [2.05, 4.69) is 23.9 Å². The van der Waals surface area contributed by atoms with Crippen molar-refractivity contribution in [2.75, 3.05) is 13.1 Å². The molecule has 116 valence electrons. The Balaban J connectivity index is 2.06. The first-order valence-corrected chi connectivity index (χ1v) is 7.40. The Kier molecular flexibility index (Phi) is 4.83. The van der Waals surface area contributed by atoms with Gasteiger partial charge in [-0.25, -0.2) is 4.39 Å². The van der Waals surface area contributed by atoms with E-state index in [0.29, 0.717) is 23.1 Å². The molecule has 0 amide bonds. The highest BCUT2D eigenvalue weighted by atomic mass is 19.1. The van der Waals surface area contributed by atoms with Gasteiger partial charge in [-0.2, -0.15) is 0 Å². The maximum atomic E-state index is 14.1. The molecule has 0 saturated carbocycles. The van der Waals surface area contributed by atoms with Gasteiger partial charge in [0, 0.05) is 17.7 Å². The lowest BCUT2D eigenvalue weighted by atomic mass is 9.85. The van der Waals surface area contributed by atoms with Crippen LogP contribution in [0.1, 0.15) is 44.2 Å². The number of nitrogens with zero attached hydrogens (tertiary/aromatic N) is 2. The van der Waals surface area contributed by atoms with Crippen molar-refractivity contribution >= 4 is 5.84 Å². The van der Waals surface area contributed by atoms with E-state index in [4.69, 9.17) is 10.9 Å². The van der Waals surface area contributed by atoms with Crippen LogP contribution in [0.25, 0.3) is 0 Å². The number of halogens is 1. The van der Waals surface area contributed by atoms with Crippen molar-refractivity contribution in [3.05, 3.63) is 35.1 Å². The smallest absolute Gasteiger partial charge is 0.170 e. The molecule has 2 rings (SSSR count). The zero-order valence-corrected chi connectivity index (χ0v) is 12.8. The van der Waals surface area contributed by atoms with Crippen molar-refractivity contribution in [3.63, 3.8) is 0 Å². The lowest BCUT2D eigenvalue weighted by Crippen LogP contribution is -2.25. The van der Waals surface area contributed by atoms with Gasteiger partial charge in [-0.15, -0.1) is 0 Å². The van der Waals surface area contributed by atoms with Gasteiger partial charge in [0.25, 0.3) is 0 Å². The van der Waals surface area contributed by atoms with Gasteiger partial charge < -0.3 is 10.9 Å². The van der Waals surface area contributed by atoms with Crippen LogP contribution in [0.3, 0.4) is 0 Å². The third kappa shape index (κ3) is 4.17. The number of nitrogens with two attached hydrogens (primary N) is 1. The highest BCUT2D eigenvalue weighted by Crippen LogP contribution is 2.30. The Morgan fingerprint density at radius 1 is 1.38 bits per heavy atom. The molecule has 1 aliphatic heterocycles. The average molecular weight is 293 g/mol. The zero-order valence-electron chi connectivity index (χ0n) is 12.8. The second-order valence-corrected chi connectivity index (χ2v) is 6.59. The Hall–Kier alpha value is -1.62. The van der Waals surface area contributed by atoms with Crippen molar-refractivity contribution in [1.82, 2.24) is 4.90 Å². The molecule has 21 heavy (non-hydrogen) atoms. The SMILES string of the molecule is CC1(C)CCCN(Cc2ccc(C(N)=NO)cc2F)CC1. The van der Waals surface area contributed by atoms with E-state index in [1.165, 1.54) is 12.5 Å². The van der Waals surface area contributed by atoms with Gasteiger partial charge in [-0.3, -0.25) is 4.90 Å². The summed E-state index contributed by atoms with van der Waals surface area (Å²) in [6.07, 6.45) is 3.50. The number of benzene rings is 1. The fourth-order valence-electron chi connectivity index (χ4n) is 2.77. The van der Waals surface area contributed by atoms with E-state index in [1.807, 2.05) is 0 Å². The fourth-order valence-corrected chi connectivity index (χ4v) is 2.77. The highest BCUT2D eigenvalue weighted by molar-refractivity contribution is 5.97. The van der Waals surface area contributed by atoms with E-state index in [0.717, 1.165) is 25.9 Å². The average Bonchev–Trinajstić information content (AvgIpc) is 2.61. The normalized spacial score (nSPS) is 20.2. The summed E-state index contributed by atoms with van der Waals surface area (Å²) in [7, 11) is 0. The van der Waals surface area contributed by atoms with Crippen molar-refractivity contribution in [2.24, 2.45) is 16.3 Å². The standard InChI is InChI=1S/C16H24FN3O/c1-16(2)6-3-8-20(9-7-16)11-13-5-4-12(10-14(13)17)15(18)19-21/h4-5,10,21H,3,6-9,11H2,1-2H3,(H2,18,19). The summed E-state index contributed by atoms with van der Waals surface area (Å²) in [6, 6.07) is 4.74. The molecule has 0 radical (unpaired) electrons. The lowest BCUT2D eigenvalue weighted by Gasteiger charge is -2.23. The maximum absolute atomic E-state index is 14.1. The summed E-state index contributed by atoms with van der Waals surface area (Å²) in [5, 5.41) is 11.5. The summed E-state index contributed by atoms with van der Waals surface area (Å²) in [4.78, 5) is 2.30. The predicted molar refractivity (Wildman–Crippen MR) is 81.8 cm³/mol. The summed E-state index contributed by atoms with van der Waals surface area (Å²) in [5.74, 6) is -0.375. The van der Waals surface area contributed by atoms with E-state index in [1.54, 1.807) is 12.1 Å². The van der Waals surface area contributed by atoms with Gasteiger partial charge in [-0.05, 0) is 43.8 Å². The quantitative estimate of drug-likeness (QED) is 0.390. The van der Waals surface area contributed by atoms with Gasteiger partial charge >= 0.3 is 0 Å². The van der Waals surface area contributed by atoms with Crippen molar-refractivity contribution in [3.8, 4) is 0 Å². The first-order valence-electron chi connectivity index (χ1n) is 7.40. The van der Waals surface area contributed by atoms with Crippen molar-refractivity contribution < 1.29 is 9.60 Å². The molecule has 0 bridgehead atoms.